The molecule has 2 rings (SSSR count). The standard InChI is InChI=1S/C13H18N2O2/c1-17-12-7-8-15(10-12)13(16)9-14-11-5-3-2-4-6-11/h2-6,12,14H,7-10H2,1H3. The molecule has 0 radical (unpaired) electrons. The number of anilines is 1. The van der Waals surface area contributed by atoms with Crippen LogP contribution in [0.4, 0.5) is 5.69 Å². The number of likely N-dealkylation sites (tertiary alicyclic amines) is 1. The molecule has 1 N–H and O–H groups in total. The fourth-order valence-electron chi connectivity index (χ4n) is 1.99. The largest absolute Gasteiger partial charge is 0.380 e. The van der Waals surface area contributed by atoms with E-state index in [1.54, 1.807) is 7.11 Å². The van der Waals surface area contributed by atoms with E-state index in [4.69, 9.17) is 4.74 Å². The molecule has 0 aliphatic carbocycles. The number of hydrogen-bond acceptors (Lipinski definition) is 3. The minimum atomic E-state index is 0.133. The van der Waals surface area contributed by atoms with Gasteiger partial charge in [-0.1, -0.05) is 18.2 Å². The third kappa shape index (κ3) is 3.20. The Labute approximate surface area is 102 Å². The van der Waals surface area contributed by atoms with Crippen LogP contribution in [0.15, 0.2) is 30.3 Å². The van der Waals surface area contributed by atoms with Crippen LogP contribution in [-0.4, -0.2) is 43.7 Å². The van der Waals surface area contributed by atoms with Crippen molar-refractivity contribution in [3.63, 3.8) is 0 Å². The predicted octanol–water partition coefficient (Wildman–Crippen LogP) is 1.35. The second-order valence-electron chi connectivity index (χ2n) is 4.21. The summed E-state index contributed by atoms with van der Waals surface area (Å²) in [5.41, 5.74) is 0.975. The van der Waals surface area contributed by atoms with Crippen LogP contribution in [0, 0.1) is 0 Å². The predicted molar refractivity (Wildman–Crippen MR) is 66.9 cm³/mol. The molecule has 92 valence electrons. The molecule has 4 nitrogen and oxygen atoms in total. The van der Waals surface area contributed by atoms with E-state index >= 15 is 0 Å². The third-order valence-corrected chi connectivity index (χ3v) is 3.05. The van der Waals surface area contributed by atoms with Crippen LogP contribution >= 0.6 is 0 Å². The summed E-state index contributed by atoms with van der Waals surface area (Å²) in [6.45, 7) is 1.86. The first kappa shape index (κ1) is 11.9. The molecule has 0 aromatic heterocycles. The van der Waals surface area contributed by atoms with Crippen molar-refractivity contribution in [1.82, 2.24) is 4.90 Å². The number of carbonyl (C=O) groups is 1. The lowest BCUT2D eigenvalue weighted by molar-refractivity contribution is -0.128. The number of para-hydroxylation sites is 1. The molecule has 1 heterocycles. The minimum Gasteiger partial charge on any atom is -0.380 e. The van der Waals surface area contributed by atoms with Gasteiger partial charge < -0.3 is 15.0 Å². The minimum absolute atomic E-state index is 0.133. The van der Waals surface area contributed by atoms with Gasteiger partial charge in [-0.05, 0) is 18.6 Å². The topological polar surface area (TPSA) is 41.6 Å². The average Bonchev–Trinajstić information content (AvgIpc) is 2.86. The van der Waals surface area contributed by atoms with Crippen LogP contribution in [0.3, 0.4) is 0 Å². The molecule has 0 spiro atoms. The van der Waals surface area contributed by atoms with E-state index in [0.29, 0.717) is 13.1 Å². The Morgan fingerprint density at radius 1 is 1.47 bits per heavy atom. The lowest BCUT2D eigenvalue weighted by Crippen LogP contribution is -2.34. The quantitative estimate of drug-likeness (QED) is 0.855. The van der Waals surface area contributed by atoms with Gasteiger partial charge in [-0.25, -0.2) is 0 Å². The van der Waals surface area contributed by atoms with E-state index < -0.39 is 0 Å². The number of ether oxygens (including phenoxy) is 1. The second-order valence-corrected chi connectivity index (χ2v) is 4.21. The van der Waals surface area contributed by atoms with E-state index in [1.807, 2.05) is 35.2 Å². The van der Waals surface area contributed by atoms with E-state index in [9.17, 15) is 4.79 Å². The van der Waals surface area contributed by atoms with E-state index in [0.717, 1.165) is 18.7 Å². The van der Waals surface area contributed by atoms with Crippen molar-refractivity contribution in [2.45, 2.75) is 12.5 Å². The van der Waals surface area contributed by atoms with Gasteiger partial charge in [0.05, 0.1) is 12.6 Å². The normalized spacial score (nSPS) is 19.4. The molecule has 0 saturated carbocycles. The van der Waals surface area contributed by atoms with E-state index in [2.05, 4.69) is 5.32 Å². The molecular formula is C13H18N2O2. The number of carbonyl (C=O) groups excluding carboxylic acids is 1. The smallest absolute Gasteiger partial charge is 0.241 e. The van der Waals surface area contributed by atoms with Gasteiger partial charge in [0.25, 0.3) is 0 Å². The summed E-state index contributed by atoms with van der Waals surface area (Å²) in [6, 6.07) is 9.76. The van der Waals surface area contributed by atoms with Crippen LogP contribution in [0.25, 0.3) is 0 Å². The van der Waals surface area contributed by atoms with Crippen molar-refractivity contribution in [3.05, 3.63) is 30.3 Å². The fraction of sp³-hybridized carbons (Fsp3) is 0.462. The van der Waals surface area contributed by atoms with Crippen LogP contribution in [0.5, 0.6) is 0 Å². The number of methoxy groups -OCH3 is 1. The first-order chi connectivity index (χ1) is 8.29. The highest BCUT2D eigenvalue weighted by Crippen LogP contribution is 2.12. The average molecular weight is 234 g/mol. The monoisotopic (exact) mass is 234 g/mol. The van der Waals surface area contributed by atoms with E-state index in [-0.39, 0.29) is 12.0 Å². The van der Waals surface area contributed by atoms with Crippen LogP contribution in [-0.2, 0) is 9.53 Å². The number of amides is 1. The zero-order valence-corrected chi connectivity index (χ0v) is 10.1. The second kappa shape index (κ2) is 5.68. The summed E-state index contributed by atoms with van der Waals surface area (Å²) < 4.78 is 5.24. The number of benzene rings is 1. The first-order valence-corrected chi connectivity index (χ1v) is 5.89. The maximum Gasteiger partial charge on any atom is 0.241 e. The van der Waals surface area contributed by atoms with Crippen LogP contribution in [0.2, 0.25) is 0 Å². The molecule has 1 unspecified atom stereocenters. The van der Waals surface area contributed by atoms with Crippen LogP contribution in [0.1, 0.15) is 6.42 Å². The highest BCUT2D eigenvalue weighted by Gasteiger charge is 2.25. The SMILES string of the molecule is COC1CCN(C(=O)CNc2ccccc2)C1. The summed E-state index contributed by atoms with van der Waals surface area (Å²) in [7, 11) is 1.70. The zero-order chi connectivity index (χ0) is 12.1. The molecule has 1 aliphatic rings. The molecule has 1 atom stereocenters. The highest BCUT2D eigenvalue weighted by molar-refractivity contribution is 5.81. The van der Waals surface area contributed by atoms with Crippen molar-refractivity contribution in [2.75, 3.05) is 32.1 Å². The van der Waals surface area contributed by atoms with Crippen molar-refractivity contribution in [2.24, 2.45) is 0 Å². The molecular weight excluding hydrogens is 216 g/mol. The summed E-state index contributed by atoms with van der Waals surface area (Å²) in [4.78, 5) is 13.7. The Morgan fingerprint density at radius 2 is 2.24 bits per heavy atom. The molecule has 1 aliphatic heterocycles. The van der Waals surface area contributed by atoms with Gasteiger partial charge in [-0.2, -0.15) is 0 Å². The Hall–Kier alpha value is -1.55. The molecule has 1 aromatic carbocycles. The number of hydrogen-bond donors (Lipinski definition) is 1. The van der Waals surface area contributed by atoms with Crippen molar-refractivity contribution in [1.29, 1.82) is 0 Å². The summed E-state index contributed by atoms with van der Waals surface area (Å²) >= 11 is 0. The van der Waals surface area contributed by atoms with Gasteiger partial charge >= 0.3 is 0 Å². The highest BCUT2D eigenvalue weighted by atomic mass is 16.5. The zero-order valence-electron chi connectivity index (χ0n) is 10.1. The molecule has 1 amide bonds. The Morgan fingerprint density at radius 3 is 2.88 bits per heavy atom. The first-order valence-electron chi connectivity index (χ1n) is 5.89. The van der Waals surface area contributed by atoms with Gasteiger partial charge in [0.2, 0.25) is 5.91 Å². The van der Waals surface area contributed by atoms with Crippen molar-refractivity contribution in [3.8, 4) is 0 Å². The Bertz CT molecular complexity index is 367. The lowest BCUT2D eigenvalue weighted by Gasteiger charge is -2.16. The Balaban J connectivity index is 1.78. The van der Waals surface area contributed by atoms with Crippen molar-refractivity contribution >= 4 is 11.6 Å². The molecule has 0 bridgehead atoms. The molecule has 1 fully saturated rings. The Kier molecular flexibility index (Phi) is 3.98. The van der Waals surface area contributed by atoms with Crippen LogP contribution < -0.4 is 5.32 Å². The maximum atomic E-state index is 11.9. The van der Waals surface area contributed by atoms with E-state index in [1.165, 1.54) is 0 Å². The number of rotatable bonds is 4. The summed E-state index contributed by atoms with van der Waals surface area (Å²) in [5, 5.41) is 3.12. The third-order valence-electron chi connectivity index (χ3n) is 3.05. The van der Waals surface area contributed by atoms with Gasteiger partial charge in [0, 0.05) is 25.9 Å². The lowest BCUT2D eigenvalue weighted by atomic mass is 10.3. The van der Waals surface area contributed by atoms with Gasteiger partial charge in [-0.3, -0.25) is 4.79 Å². The summed E-state index contributed by atoms with van der Waals surface area (Å²) in [5.74, 6) is 0.133. The number of nitrogens with zero attached hydrogens (tertiary/aromatic N) is 1. The molecule has 17 heavy (non-hydrogen) atoms. The van der Waals surface area contributed by atoms with Gasteiger partial charge in [0.1, 0.15) is 0 Å². The number of nitrogens with one attached hydrogen (secondary N) is 1. The molecule has 1 saturated heterocycles. The molecule has 4 heteroatoms. The summed E-state index contributed by atoms with van der Waals surface area (Å²) in [6.07, 6.45) is 1.14. The van der Waals surface area contributed by atoms with Crippen molar-refractivity contribution < 1.29 is 9.53 Å². The van der Waals surface area contributed by atoms with Gasteiger partial charge in [0.15, 0.2) is 0 Å². The fourth-order valence-corrected chi connectivity index (χ4v) is 1.99. The maximum absolute atomic E-state index is 11.9. The molecule has 1 aromatic rings. The van der Waals surface area contributed by atoms with Gasteiger partial charge in [-0.15, -0.1) is 0 Å².